The van der Waals surface area contributed by atoms with E-state index in [-0.39, 0.29) is 29.3 Å². The molecule has 0 saturated carbocycles. The zero-order valence-corrected chi connectivity index (χ0v) is 30.1. The van der Waals surface area contributed by atoms with Crippen LogP contribution in [0.2, 0.25) is 0 Å². The van der Waals surface area contributed by atoms with Crippen molar-refractivity contribution in [1.29, 1.82) is 0 Å². The molecule has 2 aromatic carbocycles. The van der Waals surface area contributed by atoms with E-state index in [1.165, 1.54) is 30.5 Å². The van der Waals surface area contributed by atoms with Crippen molar-refractivity contribution in [3.05, 3.63) is 107 Å². The molecule has 6 rings (SSSR count). The van der Waals surface area contributed by atoms with Gasteiger partial charge in [-0.1, -0.05) is 18.2 Å². The lowest BCUT2D eigenvalue weighted by Crippen LogP contribution is -2.49. The second-order valence-electron chi connectivity index (χ2n) is 13.9. The lowest BCUT2D eigenvalue weighted by atomic mass is 9.91. The molecule has 0 aliphatic carbocycles. The molecule has 284 valence electrons. The molecular formula is C40H44F3N7O4. The molecular weight excluding hydrogens is 699 g/mol. The average molecular weight is 744 g/mol. The molecule has 2 aromatic heterocycles. The minimum Gasteiger partial charge on any atom is -0.379 e. The lowest BCUT2D eigenvalue weighted by molar-refractivity contribution is -0.137. The number of nitrogens with two attached hydrogens (primary N) is 1. The van der Waals surface area contributed by atoms with Crippen LogP contribution in [0.3, 0.4) is 0 Å². The molecule has 0 radical (unpaired) electrons. The normalized spacial score (nSPS) is 16.4. The van der Waals surface area contributed by atoms with E-state index in [4.69, 9.17) is 10.5 Å². The quantitative estimate of drug-likeness (QED) is 0.150. The summed E-state index contributed by atoms with van der Waals surface area (Å²) < 4.78 is 45.1. The predicted molar refractivity (Wildman–Crippen MR) is 199 cm³/mol. The zero-order valence-electron chi connectivity index (χ0n) is 30.1. The Morgan fingerprint density at radius 1 is 0.870 bits per heavy atom. The number of carbonyl (C=O) groups is 3. The number of ketones is 1. The third-order valence-corrected chi connectivity index (χ3v) is 9.76. The van der Waals surface area contributed by atoms with Gasteiger partial charge in [0.25, 0.3) is 11.8 Å². The number of nitrogens with one attached hydrogen (secondary N) is 2. The van der Waals surface area contributed by atoms with Gasteiger partial charge in [-0.2, -0.15) is 13.2 Å². The number of carbonyl (C=O) groups excluding carboxylic acids is 3. The fourth-order valence-corrected chi connectivity index (χ4v) is 6.56. The number of aromatic nitrogens is 2. The van der Waals surface area contributed by atoms with Gasteiger partial charge in [-0.15, -0.1) is 0 Å². The van der Waals surface area contributed by atoms with Gasteiger partial charge in [0.15, 0.2) is 0 Å². The molecule has 2 aliphatic heterocycles. The largest absolute Gasteiger partial charge is 0.416 e. The highest BCUT2D eigenvalue weighted by Gasteiger charge is 2.32. The number of benzene rings is 2. The fraction of sp³-hybridized carbons (Fsp3) is 0.375. The molecule has 54 heavy (non-hydrogen) atoms. The Morgan fingerprint density at radius 2 is 1.61 bits per heavy atom. The first-order valence-corrected chi connectivity index (χ1v) is 18.1. The van der Waals surface area contributed by atoms with Crippen LogP contribution < -0.4 is 21.3 Å². The number of morpholine rings is 1. The van der Waals surface area contributed by atoms with Gasteiger partial charge < -0.3 is 26.0 Å². The van der Waals surface area contributed by atoms with E-state index in [0.29, 0.717) is 48.7 Å². The van der Waals surface area contributed by atoms with E-state index in [9.17, 15) is 27.6 Å². The second-order valence-corrected chi connectivity index (χ2v) is 13.9. The fourth-order valence-electron chi connectivity index (χ4n) is 6.56. The van der Waals surface area contributed by atoms with E-state index in [2.05, 4.69) is 30.4 Å². The molecule has 11 nitrogen and oxygen atoms in total. The van der Waals surface area contributed by atoms with Gasteiger partial charge in [-0.3, -0.25) is 24.3 Å². The lowest BCUT2D eigenvalue weighted by Gasteiger charge is -2.30. The summed E-state index contributed by atoms with van der Waals surface area (Å²) in [4.78, 5) is 53.9. The van der Waals surface area contributed by atoms with Crippen molar-refractivity contribution >= 4 is 29.0 Å². The van der Waals surface area contributed by atoms with Gasteiger partial charge >= 0.3 is 6.18 Å². The van der Waals surface area contributed by atoms with Gasteiger partial charge in [-0.25, -0.2) is 4.98 Å². The Kier molecular flexibility index (Phi) is 12.0. The summed E-state index contributed by atoms with van der Waals surface area (Å²) in [6, 6.07) is 18.1. The van der Waals surface area contributed by atoms with E-state index in [1.54, 1.807) is 31.2 Å². The first kappa shape index (κ1) is 38.5. The summed E-state index contributed by atoms with van der Waals surface area (Å²) in [5.74, 6) is -1.43. The van der Waals surface area contributed by atoms with Crippen LogP contribution >= 0.6 is 0 Å². The van der Waals surface area contributed by atoms with Crippen LogP contribution in [0.25, 0.3) is 11.3 Å². The van der Waals surface area contributed by atoms with Crippen LogP contribution in [0.5, 0.6) is 0 Å². The van der Waals surface area contributed by atoms with Gasteiger partial charge in [0.2, 0.25) is 5.78 Å². The summed E-state index contributed by atoms with van der Waals surface area (Å²) in [6.45, 7) is 6.75. The Hall–Kier alpha value is -5.18. The number of hydrogen-bond donors (Lipinski definition) is 3. The maximum atomic E-state index is 13.7. The van der Waals surface area contributed by atoms with Crippen LogP contribution in [-0.2, 0) is 17.5 Å². The van der Waals surface area contributed by atoms with Crippen molar-refractivity contribution in [2.24, 2.45) is 5.73 Å². The van der Waals surface area contributed by atoms with Crippen molar-refractivity contribution in [2.75, 3.05) is 56.2 Å². The molecule has 2 saturated heterocycles. The number of Topliss-reactive ketones (excluding diaryl/α,β-unsaturated/α-hetero) is 1. The molecule has 0 spiro atoms. The van der Waals surface area contributed by atoms with Crippen molar-refractivity contribution in [2.45, 2.75) is 50.9 Å². The van der Waals surface area contributed by atoms with Gasteiger partial charge in [0.1, 0.15) is 11.4 Å². The number of piperidine rings is 1. The second kappa shape index (κ2) is 16.9. The van der Waals surface area contributed by atoms with E-state index in [0.717, 1.165) is 63.3 Å². The van der Waals surface area contributed by atoms with Crippen molar-refractivity contribution in [3.63, 3.8) is 0 Å². The Balaban J connectivity index is 1.22. The number of rotatable bonds is 12. The summed E-state index contributed by atoms with van der Waals surface area (Å²) in [7, 11) is 0. The van der Waals surface area contributed by atoms with Crippen LogP contribution in [0, 0.1) is 0 Å². The standard InChI is InChI=1S/C40H44F3N7O4/c1-39(44,14-18-49-19-21-54-22-20-49)36(51)33-9-6-10-34(47-33)38(53)48-32-12-11-30(50-16-3-2-4-17-50)25-31(32)35-24-28(13-15-45-35)37(52)46-26-27-7-5-8-29(23-27)40(41,42)43/h5-13,15,23-25H,2-4,14,16-22,26,44H2,1H3,(H,46,52)(H,48,53). The summed E-state index contributed by atoms with van der Waals surface area (Å²) >= 11 is 0. The summed E-state index contributed by atoms with van der Waals surface area (Å²) in [6.07, 6.45) is 0.607. The number of ether oxygens (including phenoxy) is 1. The Labute approximate surface area is 312 Å². The number of pyridine rings is 2. The number of nitrogens with zero attached hydrogens (tertiary/aromatic N) is 4. The van der Waals surface area contributed by atoms with Gasteiger partial charge in [-0.05, 0) is 92.8 Å². The molecule has 0 bridgehead atoms. The molecule has 1 atom stereocenters. The molecule has 4 N–H and O–H groups in total. The molecule has 14 heteroatoms. The number of anilines is 2. The molecule has 4 aromatic rings. The minimum atomic E-state index is -4.50. The predicted octanol–water partition coefficient (Wildman–Crippen LogP) is 5.96. The highest BCUT2D eigenvalue weighted by atomic mass is 19.4. The van der Waals surface area contributed by atoms with Crippen LogP contribution in [0.1, 0.15) is 75.1 Å². The summed E-state index contributed by atoms with van der Waals surface area (Å²) in [5.41, 5.74) is 7.41. The smallest absolute Gasteiger partial charge is 0.379 e. The highest BCUT2D eigenvalue weighted by Crippen LogP contribution is 2.33. The SMILES string of the molecule is CC(N)(CCN1CCOCC1)C(=O)c1cccc(C(=O)Nc2ccc(N3CCCCC3)cc2-c2cc(C(=O)NCc3cccc(C(F)(F)F)c3)ccn2)n1. The molecule has 4 heterocycles. The molecule has 1 unspecified atom stereocenters. The minimum absolute atomic E-state index is 0.0200. The average Bonchev–Trinajstić information content (AvgIpc) is 3.19. The highest BCUT2D eigenvalue weighted by molar-refractivity contribution is 6.07. The first-order chi connectivity index (χ1) is 25.9. The monoisotopic (exact) mass is 743 g/mol. The topological polar surface area (TPSA) is 143 Å². The summed E-state index contributed by atoms with van der Waals surface area (Å²) in [5, 5.41) is 5.62. The Bertz CT molecular complexity index is 1980. The molecule has 2 aliphatic rings. The van der Waals surface area contributed by atoms with E-state index < -0.39 is 29.1 Å². The zero-order chi connectivity index (χ0) is 38.3. The number of hydrogen-bond acceptors (Lipinski definition) is 9. The molecule has 2 amide bonds. The third-order valence-electron chi connectivity index (χ3n) is 9.76. The van der Waals surface area contributed by atoms with Crippen LogP contribution in [0.4, 0.5) is 24.5 Å². The van der Waals surface area contributed by atoms with Crippen LogP contribution in [-0.4, -0.2) is 83.9 Å². The van der Waals surface area contributed by atoms with E-state index in [1.807, 2.05) is 12.1 Å². The first-order valence-electron chi connectivity index (χ1n) is 18.1. The maximum absolute atomic E-state index is 13.7. The molecule has 2 fully saturated rings. The van der Waals surface area contributed by atoms with Crippen molar-refractivity contribution < 1.29 is 32.3 Å². The van der Waals surface area contributed by atoms with E-state index >= 15 is 0 Å². The number of alkyl halides is 3. The Morgan fingerprint density at radius 3 is 2.37 bits per heavy atom. The van der Waals surface area contributed by atoms with Crippen molar-refractivity contribution in [1.82, 2.24) is 20.2 Å². The van der Waals surface area contributed by atoms with Crippen molar-refractivity contribution in [3.8, 4) is 11.3 Å². The number of amides is 2. The van der Waals surface area contributed by atoms with Gasteiger partial charge in [0, 0.05) is 62.3 Å². The van der Waals surface area contributed by atoms with Crippen LogP contribution in [0.15, 0.2) is 79.0 Å². The third kappa shape index (κ3) is 9.67. The van der Waals surface area contributed by atoms with Gasteiger partial charge in [0.05, 0.1) is 35.7 Å². The maximum Gasteiger partial charge on any atom is 0.416 e. The number of halogens is 3.